The van der Waals surface area contributed by atoms with Crippen molar-refractivity contribution >= 4 is 17.4 Å². The Morgan fingerprint density at radius 3 is 2.78 bits per heavy atom. The molecule has 0 saturated heterocycles. The molecule has 2 N–H and O–H groups in total. The van der Waals surface area contributed by atoms with Gasteiger partial charge in [0.15, 0.2) is 11.6 Å². The third-order valence-corrected chi connectivity index (χ3v) is 3.09. The molecule has 0 unspecified atom stereocenters. The number of thioether (sulfide) groups is 1. The van der Waals surface area contributed by atoms with Crippen LogP contribution >= 0.6 is 11.8 Å². The Kier molecular flexibility index (Phi) is 4.41. The number of nitrogens with two attached hydrogens (primary N) is 1. The SMILES string of the molecule is Nc1ccc(SCCOc2ccccc2F)nc1. The van der Waals surface area contributed by atoms with E-state index in [1.54, 1.807) is 42.2 Å². The molecule has 0 aliphatic heterocycles. The lowest BCUT2D eigenvalue weighted by Crippen LogP contribution is -2.01. The maximum absolute atomic E-state index is 13.2. The Bertz CT molecular complexity index is 505. The Hall–Kier alpha value is -1.75. The van der Waals surface area contributed by atoms with Crippen molar-refractivity contribution in [1.82, 2.24) is 4.98 Å². The highest BCUT2D eigenvalue weighted by atomic mass is 32.2. The number of pyridine rings is 1. The summed E-state index contributed by atoms with van der Waals surface area (Å²) in [5.41, 5.74) is 6.18. The second-order valence-electron chi connectivity index (χ2n) is 3.56. The minimum Gasteiger partial charge on any atom is -0.490 e. The van der Waals surface area contributed by atoms with Crippen molar-refractivity contribution in [2.24, 2.45) is 0 Å². The highest BCUT2D eigenvalue weighted by molar-refractivity contribution is 7.99. The molecule has 5 heteroatoms. The smallest absolute Gasteiger partial charge is 0.165 e. The number of anilines is 1. The first-order valence-corrected chi connectivity index (χ1v) is 6.46. The highest BCUT2D eigenvalue weighted by Crippen LogP contribution is 2.18. The number of para-hydroxylation sites is 1. The molecule has 1 aromatic heterocycles. The van der Waals surface area contributed by atoms with Crippen molar-refractivity contribution in [3.8, 4) is 5.75 Å². The number of aromatic nitrogens is 1. The summed E-state index contributed by atoms with van der Waals surface area (Å²) in [6.07, 6.45) is 1.61. The molecular weight excluding hydrogens is 251 g/mol. The monoisotopic (exact) mass is 264 g/mol. The number of hydrogen-bond acceptors (Lipinski definition) is 4. The standard InChI is InChI=1S/C13H13FN2OS/c14-11-3-1-2-4-12(11)17-7-8-18-13-6-5-10(15)9-16-13/h1-6,9H,7-8,15H2. The topological polar surface area (TPSA) is 48.1 Å². The van der Waals surface area contributed by atoms with Gasteiger partial charge in [0.25, 0.3) is 0 Å². The molecule has 0 spiro atoms. The average molecular weight is 264 g/mol. The summed E-state index contributed by atoms with van der Waals surface area (Å²) in [6, 6.07) is 10.0. The van der Waals surface area contributed by atoms with Crippen LogP contribution in [0.3, 0.4) is 0 Å². The van der Waals surface area contributed by atoms with Gasteiger partial charge in [0, 0.05) is 5.75 Å². The summed E-state index contributed by atoms with van der Waals surface area (Å²) in [6.45, 7) is 0.428. The molecule has 0 radical (unpaired) electrons. The van der Waals surface area contributed by atoms with E-state index in [1.165, 1.54) is 6.07 Å². The number of hydrogen-bond donors (Lipinski definition) is 1. The van der Waals surface area contributed by atoms with E-state index in [9.17, 15) is 4.39 Å². The third-order valence-electron chi connectivity index (χ3n) is 2.19. The second-order valence-corrected chi connectivity index (χ2v) is 4.67. The summed E-state index contributed by atoms with van der Waals surface area (Å²) in [5.74, 6) is 0.641. The van der Waals surface area contributed by atoms with Crippen molar-refractivity contribution in [3.05, 3.63) is 48.4 Å². The second kappa shape index (κ2) is 6.26. The lowest BCUT2D eigenvalue weighted by molar-refractivity contribution is 0.325. The van der Waals surface area contributed by atoms with E-state index < -0.39 is 0 Å². The normalized spacial score (nSPS) is 10.3. The van der Waals surface area contributed by atoms with Crippen molar-refractivity contribution in [2.75, 3.05) is 18.1 Å². The van der Waals surface area contributed by atoms with Crippen LogP contribution in [0, 0.1) is 5.82 Å². The van der Waals surface area contributed by atoms with Gasteiger partial charge in [-0.3, -0.25) is 0 Å². The van der Waals surface area contributed by atoms with E-state index in [0.29, 0.717) is 18.0 Å². The summed E-state index contributed by atoms with van der Waals surface area (Å²) in [5, 5.41) is 0.876. The minimum absolute atomic E-state index is 0.281. The molecule has 0 atom stereocenters. The Morgan fingerprint density at radius 2 is 2.06 bits per heavy atom. The molecule has 0 amide bonds. The van der Waals surface area contributed by atoms with Gasteiger partial charge in [-0.2, -0.15) is 0 Å². The number of rotatable bonds is 5. The van der Waals surface area contributed by atoms with Gasteiger partial charge in [-0.1, -0.05) is 12.1 Å². The van der Waals surface area contributed by atoms with E-state index in [4.69, 9.17) is 10.5 Å². The Morgan fingerprint density at radius 1 is 1.22 bits per heavy atom. The summed E-state index contributed by atoms with van der Waals surface area (Å²) in [4.78, 5) is 4.15. The lowest BCUT2D eigenvalue weighted by atomic mass is 10.3. The molecule has 2 rings (SSSR count). The van der Waals surface area contributed by atoms with Crippen LogP contribution in [-0.4, -0.2) is 17.3 Å². The largest absolute Gasteiger partial charge is 0.490 e. The zero-order valence-electron chi connectivity index (χ0n) is 9.67. The zero-order valence-corrected chi connectivity index (χ0v) is 10.5. The van der Waals surface area contributed by atoms with Gasteiger partial charge < -0.3 is 10.5 Å². The number of halogens is 1. The van der Waals surface area contributed by atoms with Gasteiger partial charge in [0.1, 0.15) is 0 Å². The van der Waals surface area contributed by atoms with Crippen molar-refractivity contribution in [3.63, 3.8) is 0 Å². The van der Waals surface area contributed by atoms with Crippen LogP contribution in [0.2, 0.25) is 0 Å². The van der Waals surface area contributed by atoms with Gasteiger partial charge >= 0.3 is 0 Å². The van der Waals surface area contributed by atoms with Crippen LogP contribution in [0.1, 0.15) is 0 Å². The fourth-order valence-corrected chi connectivity index (χ4v) is 2.00. The highest BCUT2D eigenvalue weighted by Gasteiger charge is 2.01. The summed E-state index contributed by atoms with van der Waals surface area (Å²) < 4.78 is 18.6. The molecule has 1 aromatic carbocycles. The van der Waals surface area contributed by atoms with Gasteiger partial charge in [0.05, 0.1) is 23.5 Å². The van der Waals surface area contributed by atoms with E-state index in [2.05, 4.69) is 4.98 Å². The van der Waals surface area contributed by atoms with Crippen LogP contribution < -0.4 is 10.5 Å². The van der Waals surface area contributed by atoms with Crippen molar-refractivity contribution in [1.29, 1.82) is 0 Å². The lowest BCUT2D eigenvalue weighted by Gasteiger charge is -2.06. The van der Waals surface area contributed by atoms with Crippen LogP contribution in [0.4, 0.5) is 10.1 Å². The maximum Gasteiger partial charge on any atom is 0.165 e. The average Bonchev–Trinajstić information content (AvgIpc) is 2.39. The summed E-state index contributed by atoms with van der Waals surface area (Å²) >= 11 is 1.54. The molecule has 94 valence electrons. The van der Waals surface area contributed by atoms with Crippen LogP contribution in [-0.2, 0) is 0 Å². The minimum atomic E-state index is -0.340. The molecule has 0 saturated carbocycles. The molecule has 18 heavy (non-hydrogen) atoms. The molecule has 0 aliphatic carbocycles. The maximum atomic E-state index is 13.2. The number of nitrogen functional groups attached to an aromatic ring is 1. The molecule has 0 bridgehead atoms. The zero-order chi connectivity index (χ0) is 12.8. The number of ether oxygens (including phenoxy) is 1. The predicted octanol–water partition coefficient (Wildman–Crippen LogP) is 2.97. The first-order chi connectivity index (χ1) is 8.75. The molecule has 0 aliphatic rings. The quantitative estimate of drug-likeness (QED) is 0.666. The molecule has 1 heterocycles. The third kappa shape index (κ3) is 3.63. The molecular formula is C13H13FN2OS. The van der Waals surface area contributed by atoms with Crippen LogP contribution in [0.5, 0.6) is 5.75 Å². The van der Waals surface area contributed by atoms with E-state index >= 15 is 0 Å². The molecule has 2 aromatic rings. The van der Waals surface area contributed by atoms with E-state index in [0.717, 1.165) is 5.03 Å². The first-order valence-electron chi connectivity index (χ1n) is 5.47. The van der Waals surface area contributed by atoms with Crippen LogP contribution in [0.15, 0.2) is 47.6 Å². The van der Waals surface area contributed by atoms with Gasteiger partial charge in [0.2, 0.25) is 0 Å². The fourth-order valence-electron chi connectivity index (χ4n) is 1.34. The summed E-state index contributed by atoms with van der Waals surface area (Å²) in [7, 11) is 0. The van der Waals surface area contributed by atoms with Crippen molar-refractivity contribution < 1.29 is 9.13 Å². The molecule has 0 fully saturated rings. The van der Waals surface area contributed by atoms with Gasteiger partial charge in [-0.15, -0.1) is 11.8 Å². The Balaban J connectivity index is 1.76. The van der Waals surface area contributed by atoms with E-state index in [1.807, 2.05) is 6.07 Å². The van der Waals surface area contributed by atoms with Gasteiger partial charge in [-0.05, 0) is 24.3 Å². The number of nitrogens with zero attached hydrogens (tertiary/aromatic N) is 1. The number of benzene rings is 1. The Labute approximate surface area is 109 Å². The predicted molar refractivity (Wildman–Crippen MR) is 71.3 cm³/mol. The van der Waals surface area contributed by atoms with E-state index in [-0.39, 0.29) is 11.6 Å². The van der Waals surface area contributed by atoms with Gasteiger partial charge in [-0.25, -0.2) is 9.37 Å². The fraction of sp³-hybridized carbons (Fsp3) is 0.154. The van der Waals surface area contributed by atoms with Crippen LogP contribution in [0.25, 0.3) is 0 Å². The first kappa shape index (κ1) is 12.7. The van der Waals surface area contributed by atoms with Crippen molar-refractivity contribution in [2.45, 2.75) is 5.03 Å². The molecule has 3 nitrogen and oxygen atoms in total.